The van der Waals surface area contributed by atoms with Crippen LogP contribution in [0.4, 0.5) is 8.78 Å². The van der Waals surface area contributed by atoms with Crippen LogP contribution < -0.4 is 0 Å². The van der Waals surface area contributed by atoms with Gasteiger partial charge in [-0.15, -0.1) is 6.58 Å². The zero-order valence-electron chi connectivity index (χ0n) is 18.3. The fourth-order valence-corrected chi connectivity index (χ4v) is 5.20. The summed E-state index contributed by atoms with van der Waals surface area (Å²) in [7, 11) is 1.29. The Morgan fingerprint density at radius 2 is 2.17 bits per heavy atom. The molecule has 0 aromatic carbocycles. The Bertz CT molecular complexity index is 635. The quantitative estimate of drug-likeness (QED) is 0.289. The van der Waals surface area contributed by atoms with Gasteiger partial charge in [0.15, 0.2) is 5.76 Å². The second-order valence-electron chi connectivity index (χ2n) is 8.94. The van der Waals surface area contributed by atoms with Crippen molar-refractivity contribution in [1.29, 1.82) is 0 Å². The van der Waals surface area contributed by atoms with E-state index in [0.717, 1.165) is 12.8 Å². The normalized spacial score (nSPS) is 31.6. The Kier molecular flexibility index (Phi) is 8.45. The van der Waals surface area contributed by atoms with Crippen molar-refractivity contribution in [1.82, 2.24) is 0 Å². The summed E-state index contributed by atoms with van der Waals surface area (Å²) in [6.07, 6.45) is 3.92. The predicted molar refractivity (Wildman–Crippen MR) is 110 cm³/mol. The molecule has 0 spiro atoms. The number of hydrogen-bond donors (Lipinski definition) is 2. The van der Waals surface area contributed by atoms with Crippen LogP contribution in [0.15, 0.2) is 24.5 Å². The first-order chi connectivity index (χ1) is 14.1. The molecule has 2 N–H and O–H groups in total. The molecule has 1 aliphatic heterocycles. The van der Waals surface area contributed by atoms with E-state index < -0.39 is 41.5 Å². The van der Waals surface area contributed by atoms with Gasteiger partial charge in [0.05, 0.1) is 25.2 Å². The monoisotopic (exact) mass is 430 g/mol. The number of alkyl halides is 2. The van der Waals surface area contributed by atoms with E-state index in [-0.39, 0.29) is 37.4 Å². The van der Waals surface area contributed by atoms with E-state index in [1.54, 1.807) is 0 Å². The van der Waals surface area contributed by atoms with E-state index in [0.29, 0.717) is 12.8 Å². The van der Waals surface area contributed by atoms with Gasteiger partial charge in [0, 0.05) is 18.8 Å². The number of aliphatic hydroxyl groups excluding tert-OH is 2. The maximum Gasteiger partial charge on any atom is 0.310 e. The third-order valence-corrected chi connectivity index (χ3v) is 6.70. The third-order valence-electron chi connectivity index (χ3n) is 6.70. The lowest BCUT2D eigenvalue weighted by Gasteiger charge is -2.42. The zero-order chi connectivity index (χ0) is 22.5. The van der Waals surface area contributed by atoms with Crippen molar-refractivity contribution in [2.45, 2.75) is 89.4 Å². The molecule has 172 valence electrons. The molecule has 5 nitrogen and oxygen atoms in total. The Labute approximate surface area is 178 Å². The summed E-state index contributed by atoms with van der Waals surface area (Å²) in [5, 5.41) is 20.9. The van der Waals surface area contributed by atoms with Gasteiger partial charge in [-0.3, -0.25) is 4.79 Å². The number of allylic oxidation sites excluding steroid dienone is 2. The van der Waals surface area contributed by atoms with Crippen LogP contribution in [0.5, 0.6) is 0 Å². The van der Waals surface area contributed by atoms with Crippen LogP contribution in [0.1, 0.15) is 65.2 Å². The van der Waals surface area contributed by atoms with Crippen LogP contribution in [0.25, 0.3) is 0 Å². The lowest BCUT2D eigenvalue weighted by molar-refractivity contribution is -0.140. The molecular weight excluding hydrogens is 394 g/mol. The van der Waals surface area contributed by atoms with Crippen LogP contribution in [0.2, 0.25) is 0 Å². The fourth-order valence-electron chi connectivity index (χ4n) is 5.20. The van der Waals surface area contributed by atoms with Crippen LogP contribution in [0.3, 0.4) is 0 Å². The Balaban J connectivity index is 2.23. The highest BCUT2D eigenvalue weighted by Gasteiger charge is 2.67. The zero-order valence-corrected chi connectivity index (χ0v) is 18.3. The number of ether oxygens (including phenoxy) is 2. The summed E-state index contributed by atoms with van der Waals surface area (Å²) >= 11 is 0. The third kappa shape index (κ3) is 5.22. The fraction of sp³-hybridized carbons (Fsp3) is 0.783. The molecule has 0 radical (unpaired) electrons. The number of carbonyl (C=O) groups is 1. The molecule has 1 aliphatic carbocycles. The van der Waals surface area contributed by atoms with Gasteiger partial charge in [0.2, 0.25) is 0 Å². The van der Waals surface area contributed by atoms with Crippen molar-refractivity contribution in [3.05, 3.63) is 24.5 Å². The molecular formula is C23H36F2O5. The van der Waals surface area contributed by atoms with E-state index in [4.69, 9.17) is 4.74 Å². The van der Waals surface area contributed by atoms with Crippen molar-refractivity contribution in [2.75, 3.05) is 7.11 Å². The molecule has 6 atom stereocenters. The summed E-state index contributed by atoms with van der Waals surface area (Å²) in [4.78, 5) is 11.2. The van der Waals surface area contributed by atoms with E-state index in [9.17, 15) is 15.0 Å². The molecule has 0 unspecified atom stereocenters. The van der Waals surface area contributed by atoms with Gasteiger partial charge in [-0.1, -0.05) is 32.8 Å². The van der Waals surface area contributed by atoms with Gasteiger partial charge in [-0.05, 0) is 37.2 Å². The van der Waals surface area contributed by atoms with Crippen molar-refractivity contribution in [3.63, 3.8) is 0 Å². The van der Waals surface area contributed by atoms with Crippen molar-refractivity contribution < 1.29 is 33.3 Å². The predicted octanol–water partition coefficient (Wildman–Crippen LogP) is 4.38. The molecule has 1 saturated carbocycles. The molecule has 0 amide bonds. The second-order valence-corrected chi connectivity index (χ2v) is 8.94. The van der Waals surface area contributed by atoms with Gasteiger partial charge in [-0.2, -0.15) is 8.78 Å². The largest absolute Gasteiger partial charge is 0.488 e. The average molecular weight is 431 g/mol. The van der Waals surface area contributed by atoms with Crippen molar-refractivity contribution in [2.24, 2.45) is 17.3 Å². The SMILES string of the molecule is C=C[C@H](O)C[C@](C)(CCCC)[C@H]1[C@@H]2[C@H](C[C@H]1O)OC(=CCCCC(=O)OC)C2(F)F. The molecule has 0 aromatic heterocycles. The van der Waals surface area contributed by atoms with Gasteiger partial charge in [0.1, 0.15) is 6.10 Å². The topological polar surface area (TPSA) is 76.0 Å². The molecule has 7 heteroatoms. The maximum absolute atomic E-state index is 15.4. The average Bonchev–Trinajstić information content (AvgIpc) is 3.16. The van der Waals surface area contributed by atoms with E-state index in [1.165, 1.54) is 19.3 Å². The van der Waals surface area contributed by atoms with Crippen LogP contribution in [-0.4, -0.2) is 47.5 Å². The molecule has 2 rings (SSSR count). The number of halogens is 2. The summed E-state index contributed by atoms with van der Waals surface area (Å²) < 4.78 is 41.0. The summed E-state index contributed by atoms with van der Waals surface area (Å²) in [5.41, 5.74) is -0.671. The minimum Gasteiger partial charge on any atom is -0.488 e. The lowest BCUT2D eigenvalue weighted by atomic mass is 9.64. The van der Waals surface area contributed by atoms with E-state index in [2.05, 4.69) is 11.3 Å². The number of rotatable bonds is 11. The number of fused-ring (bicyclic) bond motifs is 1. The molecule has 2 fully saturated rings. The van der Waals surface area contributed by atoms with E-state index >= 15 is 8.78 Å². The first-order valence-electron chi connectivity index (χ1n) is 10.9. The van der Waals surface area contributed by atoms with Gasteiger partial charge in [0.25, 0.3) is 0 Å². The van der Waals surface area contributed by atoms with Gasteiger partial charge >= 0.3 is 11.9 Å². The Morgan fingerprint density at radius 1 is 1.47 bits per heavy atom. The van der Waals surface area contributed by atoms with Crippen LogP contribution in [0, 0.1) is 17.3 Å². The highest BCUT2D eigenvalue weighted by molar-refractivity contribution is 5.69. The number of methoxy groups -OCH3 is 1. The number of unbranched alkanes of at least 4 members (excludes halogenated alkanes) is 2. The van der Waals surface area contributed by atoms with Crippen LogP contribution >= 0.6 is 0 Å². The minimum absolute atomic E-state index is 0.149. The van der Waals surface area contributed by atoms with Gasteiger partial charge in [-0.25, -0.2) is 0 Å². The Morgan fingerprint density at radius 3 is 2.77 bits per heavy atom. The summed E-state index contributed by atoms with van der Waals surface area (Å²) in [6.45, 7) is 7.53. The smallest absolute Gasteiger partial charge is 0.310 e. The van der Waals surface area contributed by atoms with E-state index in [1.807, 2.05) is 13.8 Å². The lowest BCUT2D eigenvalue weighted by Crippen LogP contribution is -2.44. The molecule has 1 heterocycles. The molecule has 30 heavy (non-hydrogen) atoms. The number of aliphatic hydroxyl groups is 2. The molecule has 2 aliphatic rings. The van der Waals surface area contributed by atoms with Crippen molar-refractivity contribution in [3.8, 4) is 0 Å². The minimum atomic E-state index is -3.20. The molecule has 0 aromatic rings. The highest BCUT2D eigenvalue weighted by atomic mass is 19.3. The second kappa shape index (κ2) is 10.2. The van der Waals surface area contributed by atoms with Crippen LogP contribution in [-0.2, 0) is 14.3 Å². The Hall–Kier alpha value is -1.47. The summed E-state index contributed by atoms with van der Waals surface area (Å²) in [6, 6.07) is 0. The highest BCUT2D eigenvalue weighted by Crippen LogP contribution is 2.60. The number of carbonyl (C=O) groups excluding carboxylic acids is 1. The first kappa shape index (κ1) is 24.8. The maximum atomic E-state index is 15.4. The number of esters is 1. The summed E-state index contributed by atoms with van der Waals surface area (Å²) in [5.74, 6) is -5.77. The first-order valence-corrected chi connectivity index (χ1v) is 10.9. The standard InChI is InChI=1S/C23H36F2O5/c1-5-7-12-22(3,14-15(26)6-2)20-16(27)13-17-21(20)23(24,25)18(30-17)10-8-9-11-19(28)29-4/h6,10,15-17,20-21,26-27H,2,5,7-9,11-14H2,1,3-4H3/t15-,16+,17-,20+,21-,22-/m0/s1. The number of hydrogen-bond acceptors (Lipinski definition) is 5. The van der Waals surface area contributed by atoms with Crippen molar-refractivity contribution >= 4 is 5.97 Å². The molecule has 0 bridgehead atoms. The molecule has 1 saturated heterocycles. The van der Waals surface area contributed by atoms with Gasteiger partial charge < -0.3 is 19.7 Å².